The molecular formula is C30H39NO. The Morgan fingerprint density at radius 3 is 2.56 bits per heavy atom. The lowest BCUT2D eigenvalue weighted by Crippen LogP contribution is -2.03. The second kappa shape index (κ2) is 10.8. The number of aryl methyl sites for hydroxylation is 2. The Balaban J connectivity index is 2.40. The van der Waals surface area contributed by atoms with Crippen LogP contribution in [-0.4, -0.2) is 10.9 Å². The fourth-order valence-electron chi connectivity index (χ4n) is 4.94. The predicted octanol–water partition coefficient (Wildman–Crippen LogP) is 8.06. The van der Waals surface area contributed by atoms with Gasteiger partial charge in [-0.05, 0) is 85.8 Å². The molecule has 1 heterocycles. The van der Waals surface area contributed by atoms with Crippen LogP contribution >= 0.6 is 0 Å². The van der Waals surface area contributed by atoms with Crippen LogP contribution in [0.3, 0.4) is 0 Å². The largest absolute Gasteiger partial charge is 0.337 e. The zero-order valence-electron chi connectivity index (χ0n) is 20.6. The Hall–Kier alpha value is -2.61. The summed E-state index contributed by atoms with van der Waals surface area (Å²) in [6, 6.07) is 4.58. The number of carbonyl (C=O) groups is 1. The first-order valence-electron chi connectivity index (χ1n) is 12.3. The minimum atomic E-state index is 0.375. The molecule has 0 radical (unpaired) electrons. The van der Waals surface area contributed by atoms with Crippen molar-refractivity contribution in [3.63, 3.8) is 0 Å². The summed E-state index contributed by atoms with van der Waals surface area (Å²) >= 11 is 0. The summed E-state index contributed by atoms with van der Waals surface area (Å²) in [4.78, 5) is 11.6. The summed E-state index contributed by atoms with van der Waals surface area (Å²) in [7, 11) is 0. The molecule has 2 nitrogen and oxygen atoms in total. The molecule has 1 aromatic heterocycles. The fraction of sp³-hybridized carbons (Fsp3) is 0.433. The second-order valence-corrected chi connectivity index (χ2v) is 9.15. The highest BCUT2D eigenvalue weighted by Crippen LogP contribution is 2.39. The lowest BCUT2D eigenvalue weighted by Gasteiger charge is -2.18. The summed E-state index contributed by atoms with van der Waals surface area (Å²) in [5, 5.41) is 1.24. The van der Waals surface area contributed by atoms with Crippen molar-refractivity contribution >= 4 is 22.8 Å². The molecule has 2 heteroatoms. The molecule has 0 saturated heterocycles. The van der Waals surface area contributed by atoms with Gasteiger partial charge in [0.1, 0.15) is 6.29 Å². The van der Waals surface area contributed by atoms with E-state index in [0.29, 0.717) is 12.5 Å². The van der Waals surface area contributed by atoms with E-state index in [1.165, 1.54) is 57.2 Å². The van der Waals surface area contributed by atoms with Gasteiger partial charge in [0.05, 0.1) is 12.1 Å². The van der Waals surface area contributed by atoms with Crippen LogP contribution in [0.1, 0.15) is 75.3 Å². The summed E-state index contributed by atoms with van der Waals surface area (Å²) in [6.45, 7) is 15.7. The number of aromatic nitrogens is 1. The molecular weight excluding hydrogens is 390 g/mol. The van der Waals surface area contributed by atoms with Crippen LogP contribution in [0.5, 0.6) is 0 Å². The number of carbonyl (C=O) groups excluding carboxylic acids is 1. The highest BCUT2D eigenvalue weighted by atomic mass is 16.1. The second-order valence-electron chi connectivity index (χ2n) is 9.15. The van der Waals surface area contributed by atoms with Gasteiger partial charge in [0.25, 0.3) is 0 Å². The van der Waals surface area contributed by atoms with Crippen molar-refractivity contribution in [3.8, 4) is 0 Å². The zero-order valence-corrected chi connectivity index (χ0v) is 20.6. The van der Waals surface area contributed by atoms with Crippen LogP contribution in [0.2, 0.25) is 0 Å². The van der Waals surface area contributed by atoms with Gasteiger partial charge in [-0.1, -0.05) is 64.1 Å². The Labute approximate surface area is 194 Å². The monoisotopic (exact) mass is 429 g/mol. The molecule has 1 aliphatic carbocycles. The van der Waals surface area contributed by atoms with Crippen LogP contribution in [0.25, 0.3) is 16.5 Å². The number of fused-ring (bicyclic) bond motifs is 1. The SMILES string of the molecule is C=C/C(=C(\C=C/C(C)CC)C1=CCCCC1)c1c(C)n(CC=O)c2c(C)cc(CC)cc12. The maximum atomic E-state index is 11.6. The molecule has 3 rings (SSSR count). The summed E-state index contributed by atoms with van der Waals surface area (Å²) in [5.41, 5.74) is 10.0. The van der Waals surface area contributed by atoms with Crippen LogP contribution in [-0.2, 0) is 17.8 Å². The first-order valence-corrected chi connectivity index (χ1v) is 12.3. The van der Waals surface area contributed by atoms with E-state index in [9.17, 15) is 4.79 Å². The van der Waals surface area contributed by atoms with Gasteiger partial charge in [0.2, 0.25) is 0 Å². The molecule has 0 amide bonds. The van der Waals surface area contributed by atoms with Crippen molar-refractivity contribution in [3.05, 3.63) is 76.5 Å². The molecule has 0 bridgehead atoms. The van der Waals surface area contributed by atoms with Crippen LogP contribution in [0, 0.1) is 19.8 Å². The molecule has 0 fully saturated rings. The molecule has 0 spiro atoms. The molecule has 2 aromatic rings. The maximum absolute atomic E-state index is 11.6. The molecule has 170 valence electrons. The molecule has 0 N–H and O–H groups in total. The number of rotatable bonds is 9. The van der Waals surface area contributed by atoms with Crippen molar-refractivity contribution in [2.45, 2.75) is 79.7 Å². The number of hydrogen-bond donors (Lipinski definition) is 0. The topological polar surface area (TPSA) is 22.0 Å². The number of aldehydes is 1. The van der Waals surface area contributed by atoms with E-state index in [1.54, 1.807) is 0 Å². The van der Waals surface area contributed by atoms with Gasteiger partial charge >= 0.3 is 0 Å². The zero-order chi connectivity index (χ0) is 23.3. The van der Waals surface area contributed by atoms with Crippen LogP contribution < -0.4 is 0 Å². The Bertz CT molecular complexity index is 1090. The van der Waals surface area contributed by atoms with Gasteiger partial charge in [-0.25, -0.2) is 0 Å². The van der Waals surface area contributed by atoms with Crippen molar-refractivity contribution in [1.82, 2.24) is 4.57 Å². The van der Waals surface area contributed by atoms with Gasteiger partial charge in [-0.15, -0.1) is 0 Å². The molecule has 1 aliphatic rings. The third-order valence-electron chi connectivity index (χ3n) is 6.97. The summed E-state index contributed by atoms with van der Waals surface area (Å²) in [5.74, 6) is 0.534. The van der Waals surface area contributed by atoms with Gasteiger partial charge < -0.3 is 9.36 Å². The van der Waals surface area contributed by atoms with Gasteiger partial charge in [-0.3, -0.25) is 0 Å². The third-order valence-corrected chi connectivity index (χ3v) is 6.97. The number of nitrogens with zero attached hydrogens (tertiary/aromatic N) is 1. The van der Waals surface area contributed by atoms with E-state index in [1.807, 2.05) is 6.08 Å². The minimum Gasteiger partial charge on any atom is -0.337 e. The van der Waals surface area contributed by atoms with Crippen molar-refractivity contribution in [2.75, 3.05) is 0 Å². The smallest absolute Gasteiger partial charge is 0.139 e. The van der Waals surface area contributed by atoms with E-state index in [2.05, 4.69) is 76.1 Å². The van der Waals surface area contributed by atoms with E-state index in [-0.39, 0.29) is 0 Å². The quantitative estimate of drug-likeness (QED) is 0.292. The highest BCUT2D eigenvalue weighted by Gasteiger charge is 2.21. The lowest BCUT2D eigenvalue weighted by molar-refractivity contribution is -0.108. The predicted molar refractivity (Wildman–Crippen MR) is 139 cm³/mol. The normalized spacial score (nSPS) is 16.2. The van der Waals surface area contributed by atoms with Crippen molar-refractivity contribution < 1.29 is 4.79 Å². The number of benzene rings is 1. The average Bonchev–Trinajstić information content (AvgIpc) is 3.08. The van der Waals surface area contributed by atoms with E-state index >= 15 is 0 Å². The Morgan fingerprint density at radius 2 is 1.97 bits per heavy atom. The van der Waals surface area contributed by atoms with Crippen molar-refractivity contribution in [2.24, 2.45) is 5.92 Å². The summed E-state index contributed by atoms with van der Waals surface area (Å²) in [6.07, 6.45) is 17.0. The molecule has 32 heavy (non-hydrogen) atoms. The van der Waals surface area contributed by atoms with Crippen LogP contribution in [0.4, 0.5) is 0 Å². The highest BCUT2D eigenvalue weighted by molar-refractivity contribution is 6.01. The lowest BCUT2D eigenvalue weighted by atomic mass is 9.86. The Kier molecular flexibility index (Phi) is 8.12. The van der Waals surface area contributed by atoms with Gasteiger partial charge in [0, 0.05) is 16.6 Å². The summed E-state index contributed by atoms with van der Waals surface area (Å²) < 4.78 is 2.18. The molecule has 1 aromatic carbocycles. The minimum absolute atomic E-state index is 0.375. The molecule has 0 aliphatic heterocycles. The standard InChI is InChI=1S/C30H39NO/c1-7-21(4)15-16-27(25-13-11-10-12-14-25)26(9-3)29-23(6)31(17-18-32)30-22(5)19-24(8-2)20-28(29)30/h9,13,15-16,18-21H,3,7-8,10-12,14,17H2,1-2,4-6H3/b16-15-,27-26-. The Morgan fingerprint density at radius 1 is 1.19 bits per heavy atom. The van der Waals surface area contributed by atoms with Crippen LogP contribution in [0.15, 0.2) is 54.2 Å². The molecule has 1 atom stereocenters. The van der Waals surface area contributed by atoms with E-state index in [0.717, 1.165) is 37.7 Å². The number of hydrogen-bond acceptors (Lipinski definition) is 1. The first kappa shape index (κ1) is 24.0. The first-order chi connectivity index (χ1) is 15.5. The fourth-order valence-corrected chi connectivity index (χ4v) is 4.94. The average molecular weight is 430 g/mol. The van der Waals surface area contributed by atoms with Gasteiger partial charge in [-0.2, -0.15) is 0 Å². The molecule has 0 saturated carbocycles. The third kappa shape index (κ3) is 4.75. The van der Waals surface area contributed by atoms with Gasteiger partial charge in [0.15, 0.2) is 0 Å². The number of allylic oxidation sites excluding steroid dienone is 7. The molecule has 1 unspecified atom stereocenters. The maximum Gasteiger partial charge on any atom is 0.139 e. The van der Waals surface area contributed by atoms with E-state index in [4.69, 9.17) is 0 Å². The van der Waals surface area contributed by atoms with Crippen molar-refractivity contribution in [1.29, 1.82) is 0 Å². The van der Waals surface area contributed by atoms with E-state index < -0.39 is 0 Å².